The van der Waals surface area contributed by atoms with E-state index in [-0.39, 0.29) is 18.3 Å². The molecule has 1 N–H and O–H groups in total. The lowest BCUT2D eigenvalue weighted by Gasteiger charge is -2.04. The van der Waals surface area contributed by atoms with Crippen LogP contribution in [0.3, 0.4) is 0 Å². The molecule has 9 heteroatoms. The number of hydrogen-bond donors (Lipinski definition) is 1. The normalized spacial score (nSPS) is 10.8. The number of hydrogen-bond acceptors (Lipinski definition) is 4. The number of amides is 1. The van der Waals surface area contributed by atoms with E-state index < -0.39 is 0 Å². The van der Waals surface area contributed by atoms with Crippen LogP contribution in [0.25, 0.3) is 0 Å². The first-order valence-corrected chi connectivity index (χ1v) is 11.3. The van der Waals surface area contributed by atoms with Crippen molar-refractivity contribution in [1.82, 2.24) is 9.78 Å². The van der Waals surface area contributed by atoms with Gasteiger partial charge in [-0.1, -0.05) is 35.9 Å². The molecule has 0 unspecified atom stereocenters. The minimum atomic E-state index is -0.300. The minimum Gasteiger partial charge on any atom is -0.489 e. The fourth-order valence-corrected chi connectivity index (χ4v) is 4.21. The van der Waals surface area contributed by atoms with Crippen molar-refractivity contribution in [3.8, 4) is 5.75 Å². The highest BCUT2D eigenvalue weighted by Gasteiger charge is 2.15. The molecule has 0 radical (unpaired) electrons. The molecule has 0 spiro atoms. The van der Waals surface area contributed by atoms with Crippen molar-refractivity contribution in [3.05, 3.63) is 97.5 Å². The first-order valence-electron chi connectivity index (χ1n) is 9.21. The van der Waals surface area contributed by atoms with Crippen LogP contribution < -0.4 is 10.1 Å². The van der Waals surface area contributed by atoms with Crippen LogP contribution >= 0.6 is 38.9 Å². The molecule has 0 saturated carbocycles. The largest absolute Gasteiger partial charge is 0.489 e. The van der Waals surface area contributed by atoms with Crippen molar-refractivity contribution in [2.24, 2.45) is 0 Å². The third-order valence-electron chi connectivity index (χ3n) is 4.32. The number of rotatable bonds is 7. The molecule has 0 aliphatic rings. The Hall–Kier alpha value is -2.68. The SMILES string of the molecule is O=C(Nc1nn(Cc2ccccc2F)cc1Br)c1cc(COc2cccc(Cl)c2)cs1. The number of aromatic nitrogens is 2. The molecule has 4 aromatic rings. The van der Waals surface area contributed by atoms with E-state index in [1.165, 1.54) is 17.4 Å². The quantitative estimate of drug-likeness (QED) is 0.308. The van der Waals surface area contributed by atoms with Gasteiger partial charge in [0.1, 0.15) is 18.2 Å². The van der Waals surface area contributed by atoms with Crippen LogP contribution in [0.2, 0.25) is 5.02 Å². The molecule has 1 amide bonds. The fourth-order valence-electron chi connectivity index (χ4n) is 2.83. The number of benzene rings is 2. The second kappa shape index (κ2) is 9.64. The molecule has 0 saturated heterocycles. The van der Waals surface area contributed by atoms with Gasteiger partial charge in [-0.05, 0) is 51.6 Å². The summed E-state index contributed by atoms with van der Waals surface area (Å²) in [6.45, 7) is 0.580. The molecule has 4 rings (SSSR count). The number of nitrogens with one attached hydrogen (secondary N) is 1. The van der Waals surface area contributed by atoms with Gasteiger partial charge in [0.05, 0.1) is 15.9 Å². The van der Waals surface area contributed by atoms with Crippen molar-refractivity contribution in [2.45, 2.75) is 13.2 Å². The Morgan fingerprint density at radius 3 is 2.87 bits per heavy atom. The third-order valence-corrected chi connectivity index (χ3v) is 6.11. The molecule has 2 aromatic heterocycles. The van der Waals surface area contributed by atoms with Crippen LogP contribution in [0.1, 0.15) is 20.8 Å². The highest BCUT2D eigenvalue weighted by atomic mass is 79.9. The number of halogens is 3. The molecule has 2 aromatic carbocycles. The topological polar surface area (TPSA) is 56.2 Å². The number of carbonyl (C=O) groups is 1. The van der Waals surface area contributed by atoms with Gasteiger partial charge in [-0.25, -0.2) is 4.39 Å². The van der Waals surface area contributed by atoms with E-state index in [0.29, 0.717) is 38.1 Å². The molecule has 158 valence electrons. The molecule has 0 atom stereocenters. The Labute approximate surface area is 195 Å². The van der Waals surface area contributed by atoms with E-state index in [1.807, 2.05) is 17.5 Å². The molecule has 31 heavy (non-hydrogen) atoms. The van der Waals surface area contributed by atoms with Gasteiger partial charge in [-0.3, -0.25) is 9.48 Å². The van der Waals surface area contributed by atoms with E-state index in [4.69, 9.17) is 16.3 Å². The summed E-state index contributed by atoms with van der Waals surface area (Å²) in [6.07, 6.45) is 1.70. The summed E-state index contributed by atoms with van der Waals surface area (Å²) in [6, 6.07) is 15.4. The van der Waals surface area contributed by atoms with Crippen LogP contribution in [0.5, 0.6) is 5.75 Å². The Morgan fingerprint density at radius 2 is 2.06 bits per heavy atom. The number of anilines is 1. The van der Waals surface area contributed by atoms with Crippen molar-refractivity contribution in [3.63, 3.8) is 0 Å². The van der Waals surface area contributed by atoms with Crippen molar-refractivity contribution < 1.29 is 13.9 Å². The second-order valence-electron chi connectivity index (χ2n) is 6.63. The van der Waals surface area contributed by atoms with Gasteiger partial charge in [0.2, 0.25) is 0 Å². The summed E-state index contributed by atoms with van der Waals surface area (Å²) in [5, 5.41) is 9.59. The molecular formula is C22H16BrClFN3O2S. The van der Waals surface area contributed by atoms with Crippen LogP contribution in [-0.2, 0) is 13.2 Å². The second-order valence-corrected chi connectivity index (χ2v) is 8.84. The summed E-state index contributed by atoms with van der Waals surface area (Å²) in [5.74, 6) is 0.446. The molecule has 0 aliphatic carbocycles. The Morgan fingerprint density at radius 1 is 1.23 bits per heavy atom. The number of nitrogens with zero attached hydrogens (tertiary/aromatic N) is 2. The average Bonchev–Trinajstić information content (AvgIpc) is 3.35. The fraction of sp³-hybridized carbons (Fsp3) is 0.0909. The van der Waals surface area contributed by atoms with Crippen LogP contribution in [-0.4, -0.2) is 15.7 Å². The predicted octanol–water partition coefficient (Wildman–Crippen LogP) is 6.38. The van der Waals surface area contributed by atoms with Gasteiger partial charge >= 0.3 is 0 Å². The summed E-state index contributed by atoms with van der Waals surface area (Å²) in [5.41, 5.74) is 1.39. The Balaban J connectivity index is 1.38. The molecular weight excluding hydrogens is 505 g/mol. The lowest BCUT2D eigenvalue weighted by molar-refractivity contribution is 0.103. The highest BCUT2D eigenvalue weighted by molar-refractivity contribution is 9.10. The van der Waals surface area contributed by atoms with E-state index in [0.717, 1.165) is 5.56 Å². The van der Waals surface area contributed by atoms with E-state index >= 15 is 0 Å². The van der Waals surface area contributed by atoms with Crippen LogP contribution in [0, 0.1) is 5.82 Å². The molecule has 0 fully saturated rings. The zero-order valence-corrected chi connectivity index (χ0v) is 19.2. The number of thiophene rings is 1. The average molecular weight is 521 g/mol. The number of ether oxygens (including phenoxy) is 1. The minimum absolute atomic E-state index is 0.255. The third kappa shape index (κ3) is 5.52. The predicted molar refractivity (Wildman–Crippen MR) is 123 cm³/mol. The van der Waals surface area contributed by atoms with E-state index in [2.05, 4.69) is 26.3 Å². The van der Waals surface area contributed by atoms with Gasteiger partial charge in [0.25, 0.3) is 5.91 Å². The maximum absolute atomic E-state index is 13.9. The van der Waals surface area contributed by atoms with E-state index in [9.17, 15) is 9.18 Å². The molecule has 5 nitrogen and oxygen atoms in total. The van der Waals surface area contributed by atoms with E-state index in [1.54, 1.807) is 47.3 Å². The highest BCUT2D eigenvalue weighted by Crippen LogP contribution is 2.24. The standard InChI is InChI=1S/C22H16BrClFN3O2S/c23-18-11-28(10-15-4-1-2-7-19(15)25)27-21(18)26-22(29)20-8-14(13-31-20)12-30-17-6-3-5-16(24)9-17/h1-9,11,13H,10,12H2,(H,26,27,29). The smallest absolute Gasteiger partial charge is 0.266 e. The number of carbonyl (C=O) groups excluding carboxylic acids is 1. The molecule has 2 heterocycles. The van der Waals surface area contributed by atoms with Gasteiger partial charge in [-0.15, -0.1) is 11.3 Å². The van der Waals surface area contributed by atoms with Gasteiger partial charge in [-0.2, -0.15) is 5.10 Å². The van der Waals surface area contributed by atoms with Crippen LogP contribution in [0.15, 0.2) is 70.6 Å². The molecule has 0 aliphatic heterocycles. The van der Waals surface area contributed by atoms with Gasteiger partial charge < -0.3 is 10.1 Å². The van der Waals surface area contributed by atoms with Crippen molar-refractivity contribution in [2.75, 3.05) is 5.32 Å². The lowest BCUT2D eigenvalue weighted by Crippen LogP contribution is -2.12. The van der Waals surface area contributed by atoms with Crippen LogP contribution in [0.4, 0.5) is 10.2 Å². The summed E-state index contributed by atoms with van der Waals surface area (Å²) in [7, 11) is 0. The van der Waals surface area contributed by atoms with Gasteiger partial charge in [0, 0.05) is 22.3 Å². The zero-order valence-electron chi connectivity index (χ0n) is 16.0. The maximum atomic E-state index is 13.9. The van der Waals surface area contributed by atoms with Crippen molar-refractivity contribution >= 4 is 50.6 Å². The summed E-state index contributed by atoms with van der Waals surface area (Å²) >= 11 is 10.7. The zero-order chi connectivity index (χ0) is 21.8. The Kier molecular flexibility index (Phi) is 6.70. The first kappa shape index (κ1) is 21.5. The molecule has 0 bridgehead atoms. The summed E-state index contributed by atoms with van der Waals surface area (Å²) in [4.78, 5) is 13.2. The van der Waals surface area contributed by atoms with Gasteiger partial charge in [0.15, 0.2) is 5.82 Å². The first-order chi connectivity index (χ1) is 15.0. The lowest BCUT2D eigenvalue weighted by atomic mass is 10.2. The Bertz CT molecular complexity index is 1230. The van der Waals surface area contributed by atoms with Crippen molar-refractivity contribution in [1.29, 1.82) is 0 Å². The monoisotopic (exact) mass is 519 g/mol. The maximum Gasteiger partial charge on any atom is 0.266 e. The summed E-state index contributed by atoms with van der Waals surface area (Å²) < 4.78 is 21.8.